The van der Waals surface area contributed by atoms with Crippen LogP contribution in [-0.4, -0.2) is 129 Å². The van der Waals surface area contributed by atoms with Crippen molar-refractivity contribution in [2.24, 2.45) is 0 Å². The molecule has 4 aliphatic rings. The molecule has 5 N–H and O–H groups in total. The molecule has 0 spiro atoms. The van der Waals surface area contributed by atoms with Crippen LogP contribution >= 0.6 is 0 Å². The van der Waals surface area contributed by atoms with Gasteiger partial charge in [-0.2, -0.15) is 0 Å². The molecule has 16 heteroatoms. The number of imide groups is 2. The third kappa shape index (κ3) is 10.8. The molecule has 3 aromatic rings. The first kappa shape index (κ1) is 42.5. The molecule has 0 aliphatic carbocycles. The number of anilines is 2. The van der Waals surface area contributed by atoms with Gasteiger partial charge in [-0.25, -0.2) is 9.97 Å². The number of amides is 5. The standard InChI is InChI=1S/C44H55N9O7/c54-32(27-51-21-18-29-9-5-6-10-30(29)24-51)14-16-37(55)35-23-38(48-28-47-35)49-31-25-52(26-31)22-20-46-39(56)13-4-2-1-3-7-19-45-34-12-8-11-33-41(34)44(60)53(43(33)59)36-15-17-40(57)50-42(36)58/h5-6,8-12,23,28,31-32,36,45,54H,1-4,7,13-22,24-27H2,(H,46,56)(H,47,48,49)(H,50,57,58)/t32-,36?/m0/s1. The Labute approximate surface area is 349 Å². The zero-order valence-electron chi connectivity index (χ0n) is 34.0. The number of β-amino-alcohol motifs (C(OH)–C–C–N with tert-alkyl or cyclic N) is 1. The highest BCUT2D eigenvalue weighted by atomic mass is 16.3. The zero-order valence-corrected chi connectivity index (χ0v) is 34.0. The van der Waals surface area contributed by atoms with Crippen LogP contribution < -0.4 is 21.3 Å². The van der Waals surface area contributed by atoms with Crippen LogP contribution in [0.25, 0.3) is 0 Å². The summed E-state index contributed by atoms with van der Waals surface area (Å²) in [5.74, 6) is -1.56. The number of aliphatic hydroxyl groups excluding tert-OH is 1. The first-order chi connectivity index (χ1) is 29.1. The quantitative estimate of drug-likeness (QED) is 0.0597. The maximum atomic E-state index is 13.3. The topological polar surface area (TPSA) is 206 Å². The number of benzene rings is 2. The summed E-state index contributed by atoms with van der Waals surface area (Å²) in [4.78, 5) is 89.5. The number of nitrogens with zero attached hydrogens (tertiary/aromatic N) is 5. The van der Waals surface area contributed by atoms with Crippen molar-refractivity contribution >= 4 is 46.8 Å². The Morgan fingerprint density at radius 2 is 1.67 bits per heavy atom. The highest BCUT2D eigenvalue weighted by Gasteiger charge is 2.45. The number of aliphatic hydroxyl groups is 1. The summed E-state index contributed by atoms with van der Waals surface area (Å²) in [6.45, 7) is 5.77. The predicted molar refractivity (Wildman–Crippen MR) is 223 cm³/mol. The van der Waals surface area contributed by atoms with Crippen molar-refractivity contribution in [2.75, 3.05) is 56.4 Å². The van der Waals surface area contributed by atoms with E-state index in [1.807, 2.05) is 6.07 Å². The molecule has 4 aliphatic heterocycles. The van der Waals surface area contributed by atoms with E-state index in [0.29, 0.717) is 49.7 Å². The lowest BCUT2D eigenvalue weighted by Crippen LogP contribution is -2.56. The fraction of sp³-hybridized carbons (Fsp3) is 0.500. The van der Waals surface area contributed by atoms with Gasteiger partial charge in [-0.05, 0) is 55.4 Å². The van der Waals surface area contributed by atoms with Crippen LogP contribution in [0.3, 0.4) is 0 Å². The summed E-state index contributed by atoms with van der Waals surface area (Å²) in [6, 6.07) is 14.3. The van der Waals surface area contributed by atoms with Crippen LogP contribution in [-0.2, 0) is 27.3 Å². The lowest BCUT2D eigenvalue weighted by atomic mass is 9.99. The SMILES string of the molecule is O=C(CCCCCCCNc1cccc2c1C(=O)N(C1CCC(=O)NC1=O)C2=O)NCCN1CC(Nc2cc(C(=O)CC[C@H](O)CN3CCc4ccccc4C3)ncn2)C1. The van der Waals surface area contributed by atoms with Gasteiger partial charge in [0, 0.05) is 83.4 Å². The average Bonchev–Trinajstić information content (AvgIpc) is 3.48. The maximum Gasteiger partial charge on any atom is 0.264 e. The summed E-state index contributed by atoms with van der Waals surface area (Å²) in [5, 5.41) is 22.5. The van der Waals surface area contributed by atoms with Crippen molar-refractivity contribution < 1.29 is 33.9 Å². The third-order valence-corrected chi connectivity index (χ3v) is 11.8. The van der Waals surface area contributed by atoms with Crippen LogP contribution in [0.15, 0.2) is 54.9 Å². The summed E-state index contributed by atoms with van der Waals surface area (Å²) < 4.78 is 0. The number of rotatable bonds is 21. The Morgan fingerprint density at radius 1 is 0.867 bits per heavy atom. The first-order valence-corrected chi connectivity index (χ1v) is 21.3. The molecule has 0 radical (unpaired) electrons. The molecule has 0 saturated carbocycles. The summed E-state index contributed by atoms with van der Waals surface area (Å²) in [7, 11) is 0. The highest BCUT2D eigenvalue weighted by molar-refractivity contribution is 6.25. The van der Waals surface area contributed by atoms with E-state index in [1.165, 1.54) is 17.5 Å². The number of likely N-dealkylation sites (tertiary alicyclic amines) is 1. The van der Waals surface area contributed by atoms with Crippen molar-refractivity contribution in [3.05, 3.63) is 82.8 Å². The largest absolute Gasteiger partial charge is 0.392 e. The molecule has 318 valence electrons. The summed E-state index contributed by atoms with van der Waals surface area (Å²) in [6.07, 6.45) is 7.50. The van der Waals surface area contributed by atoms with E-state index in [2.05, 4.69) is 59.2 Å². The Kier molecular flexibility index (Phi) is 14.3. The van der Waals surface area contributed by atoms with E-state index in [1.54, 1.807) is 24.3 Å². The molecule has 2 atom stereocenters. The van der Waals surface area contributed by atoms with E-state index in [4.69, 9.17) is 0 Å². The number of unbranched alkanes of at least 4 members (excludes halogenated alkanes) is 4. The fourth-order valence-electron chi connectivity index (χ4n) is 8.43. The van der Waals surface area contributed by atoms with E-state index in [9.17, 15) is 33.9 Å². The number of carbonyl (C=O) groups excluding carboxylic acids is 6. The maximum absolute atomic E-state index is 13.3. The fourth-order valence-corrected chi connectivity index (χ4v) is 8.43. The second kappa shape index (κ2) is 20.1. The lowest BCUT2D eigenvalue weighted by molar-refractivity contribution is -0.136. The van der Waals surface area contributed by atoms with Crippen molar-refractivity contribution in [3.8, 4) is 0 Å². The average molecular weight is 822 g/mol. The first-order valence-electron chi connectivity index (χ1n) is 21.3. The van der Waals surface area contributed by atoms with Crippen molar-refractivity contribution in [1.29, 1.82) is 0 Å². The van der Waals surface area contributed by atoms with Crippen molar-refractivity contribution in [2.45, 2.75) is 95.4 Å². The number of hydrogen-bond acceptors (Lipinski definition) is 13. The van der Waals surface area contributed by atoms with Gasteiger partial charge in [0.25, 0.3) is 11.8 Å². The van der Waals surface area contributed by atoms with E-state index in [-0.39, 0.29) is 48.1 Å². The predicted octanol–water partition coefficient (Wildman–Crippen LogP) is 2.92. The zero-order chi connectivity index (χ0) is 42.0. The highest BCUT2D eigenvalue weighted by Crippen LogP contribution is 2.32. The molecule has 1 unspecified atom stereocenters. The molecular formula is C44H55N9O7. The van der Waals surface area contributed by atoms with Crippen LogP contribution in [0.1, 0.15) is 107 Å². The molecule has 7 rings (SSSR count). The number of ketones is 1. The van der Waals surface area contributed by atoms with E-state index in [0.717, 1.165) is 76.1 Å². The minimum atomic E-state index is -0.998. The van der Waals surface area contributed by atoms with Gasteiger partial charge in [-0.15, -0.1) is 0 Å². The molecule has 2 saturated heterocycles. The van der Waals surface area contributed by atoms with Crippen molar-refractivity contribution in [3.63, 3.8) is 0 Å². The molecule has 60 heavy (non-hydrogen) atoms. The monoisotopic (exact) mass is 821 g/mol. The van der Waals surface area contributed by atoms with Gasteiger partial charge in [0.2, 0.25) is 17.7 Å². The van der Waals surface area contributed by atoms with Gasteiger partial charge in [0.15, 0.2) is 5.78 Å². The summed E-state index contributed by atoms with van der Waals surface area (Å²) in [5.41, 5.74) is 4.07. The number of carbonyl (C=O) groups is 6. The van der Waals surface area contributed by atoms with Crippen LogP contribution in [0.2, 0.25) is 0 Å². The van der Waals surface area contributed by atoms with Crippen LogP contribution in [0.5, 0.6) is 0 Å². The van der Waals surface area contributed by atoms with E-state index >= 15 is 0 Å². The Bertz CT molecular complexity index is 2070. The third-order valence-electron chi connectivity index (χ3n) is 11.8. The molecule has 0 bridgehead atoms. The molecular weight excluding hydrogens is 767 g/mol. The van der Waals surface area contributed by atoms with Gasteiger partial charge in [0.1, 0.15) is 23.9 Å². The van der Waals surface area contributed by atoms with Crippen LogP contribution in [0.4, 0.5) is 11.5 Å². The molecule has 2 aromatic carbocycles. The number of aromatic nitrogens is 2. The molecule has 16 nitrogen and oxygen atoms in total. The van der Waals surface area contributed by atoms with Gasteiger partial charge >= 0.3 is 0 Å². The lowest BCUT2D eigenvalue weighted by Gasteiger charge is -2.39. The number of nitrogens with one attached hydrogen (secondary N) is 4. The number of Topliss-reactive ketones (excluding diaryl/α,β-unsaturated/α-hetero) is 1. The Morgan fingerprint density at radius 3 is 2.50 bits per heavy atom. The number of fused-ring (bicyclic) bond motifs is 2. The number of piperidine rings is 1. The molecule has 5 heterocycles. The smallest absolute Gasteiger partial charge is 0.264 e. The normalized spacial score (nSPS) is 18.7. The van der Waals surface area contributed by atoms with Crippen molar-refractivity contribution in [1.82, 2.24) is 35.3 Å². The Balaban J connectivity index is 0.705. The molecule has 2 fully saturated rings. The van der Waals surface area contributed by atoms with Gasteiger partial charge in [-0.3, -0.25) is 48.8 Å². The van der Waals surface area contributed by atoms with E-state index < -0.39 is 35.8 Å². The minimum Gasteiger partial charge on any atom is -0.392 e. The second-order valence-electron chi connectivity index (χ2n) is 16.2. The summed E-state index contributed by atoms with van der Waals surface area (Å²) >= 11 is 0. The minimum absolute atomic E-state index is 0.0401. The van der Waals surface area contributed by atoms with Gasteiger partial charge in [0.05, 0.1) is 23.3 Å². The van der Waals surface area contributed by atoms with Gasteiger partial charge < -0.3 is 21.1 Å². The second-order valence-corrected chi connectivity index (χ2v) is 16.2. The number of hydrogen-bond donors (Lipinski definition) is 5. The molecule has 1 aromatic heterocycles. The van der Waals surface area contributed by atoms with Crippen LogP contribution in [0, 0.1) is 0 Å². The van der Waals surface area contributed by atoms with Gasteiger partial charge in [-0.1, -0.05) is 49.6 Å². The Hall–Kier alpha value is -5.58. The molecule has 5 amide bonds.